The van der Waals surface area contributed by atoms with Crippen LogP contribution in [0.5, 0.6) is 0 Å². The zero-order valence-electron chi connectivity index (χ0n) is 24.8. The number of hydrogen-bond acceptors (Lipinski definition) is 6. The molecule has 0 aliphatic heterocycles. The molecule has 2 unspecified atom stereocenters. The number of fused-ring (bicyclic) bond motifs is 1. The summed E-state index contributed by atoms with van der Waals surface area (Å²) in [7, 11) is 0. The van der Waals surface area contributed by atoms with E-state index >= 15 is 0 Å². The highest BCUT2D eigenvalue weighted by molar-refractivity contribution is 6.01. The number of nitrogens with two attached hydrogens (primary N) is 1. The molecule has 3 aromatic carbocycles. The van der Waals surface area contributed by atoms with Crippen molar-refractivity contribution >= 4 is 40.3 Å². The van der Waals surface area contributed by atoms with Crippen molar-refractivity contribution in [2.24, 2.45) is 5.73 Å². The second kappa shape index (κ2) is 14.0. The zero-order valence-corrected chi connectivity index (χ0v) is 24.8. The van der Waals surface area contributed by atoms with Crippen LogP contribution in [-0.4, -0.2) is 58.6 Å². The molecule has 0 spiro atoms. The number of alkyl carbamates (subject to hydrolysis) is 1. The summed E-state index contributed by atoms with van der Waals surface area (Å²) < 4.78 is 5.34. The second-order valence-electron chi connectivity index (χ2n) is 11.2. The Morgan fingerprint density at radius 3 is 2.19 bits per heavy atom. The van der Waals surface area contributed by atoms with Gasteiger partial charge in [-0.15, -0.1) is 0 Å². The minimum Gasteiger partial charge on any atom is -0.444 e. The maximum atomic E-state index is 14.1. The molecule has 0 saturated heterocycles. The summed E-state index contributed by atoms with van der Waals surface area (Å²) in [6.07, 6.45) is -1.18. The number of benzene rings is 3. The third kappa shape index (κ3) is 8.53. The highest BCUT2D eigenvalue weighted by atomic mass is 16.6. The standard InChI is InChI=1S/C32H40N4O6/c1-20-9-8-10-21(2)27(20)28(29(39)34-24-14-13-22-11-6-7-12-23(22)19-24)36(17-18-37)30(40)25(15-16-26(33)38)35-31(41)42-32(3,4)5/h6-14,19,25,28,37H,15-18H2,1-5H3,(H2,33,38)(H,34,39)(H,35,41). The monoisotopic (exact) mass is 576 g/mol. The molecule has 0 heterocycles. The molecule has 10 nitrogen and oxygen atoms in total. The van der Waals surface area contributed by atoms with Crippen LogP contribution in [0.3, 0.4) is 0 Å². The fourth-order valence-electron chi connectivity index (χ4n) is 4.83. The van der Waals surface area contributed by atoms with Gasteiger partial charge in [-0.3, -0.25) is 14.4 Å². The third-order valence-electron chi connectivity index (χ3n) is 6.69. The SMILES string of the molecule is Cc1cccc(C)c1C(C(=O)Nc1ccc2ccccc2c1)N(CCO)C(=O)C(CCC(N)=O)NC(=O)OC(C)(C)C. The molecule has 3 aromatic rings. The fourth-order valence-corrected chi connectivity index (χ4v) is 4.83. The Kier molecular flexibility index (Phi) is 10.7. The van der Waals surface area contributed by atoms with Gasteiger partial charge in [-0.2, -0.15) is 0 Å². The quantitative estimate of drug-likeness (QED) is 0.270. The number of hydrogen-bond donors (Lipinski definition) is 4. The van der Waals surface area contributed by atoms with Gasteiger partial charge in [0.15, 0.2) is 0 Å². The normalized spacial score (nSPS) is 12.7. The number of primary amides is 1. The number of ether oxygens (including phenoxy) is 1. The first-order chi connectivity index (χ1) is 19.8. The van der Waals surface area contributed by atoms with Gasteiger partial charge in [0, 0.05) is 18.7 Å². The number of carbonyl (C=O) groups excluding carboxylic acids is 4. The van der Waals surface area contributed by atoms with Crippen molar-refractivity contribution in [3.63, 3.8) is 0 Å². The third-order valence-corrected chi connectivity index (χ3v) is 6.69. The molecule has 0 aliphatic rings. The second-order valence-corrected chi connectivity index (χ2v) is 11.2. The van der Waals surface area contributed by atoms with Crippen LogP contribution in [0, 0.1) is 13.8 Å². The molecule has 0 bridgehead atoms. The Bertz CT molecular complexity index is 1430. The first-order valence-corrected chi connectivity index (χ1v) is 13.9. The lowest BCUT2D eigenvalue weighted by Crippen LogP contribution is -2.53. The summed E-state index contributed by atoms with van der Waals surface area (Å²) in [6, 6.07) is 16.3. The molecule has 10 heteroatoms. The minimum atomic E-state index is -1.25. The number of aliphatic hydroxyl groups is 1. The van der Waals surface area contributed by atoms with E-state index in [0.717, 1.165) is 21.9 Å². The van der Waals surface area contributed by atoms with Crippen LogP contribution in [-0.2, 0) is 19.1 Å². The lowest BCUT2D eigenvalue weighted by Gasteiger charge is -2.35. The maximum Gasteiger partial charge on any atom is 0.408 e. The molecule has 0 aliphatic carbocycles. The summed E-state index contributed by atoms with van der Waals surface area (Å²) in [4.78, 5) is 53.8. The Labute approximate surface area is 246 Å². The molecule has 0 aromatic heterocycles. The van der Waals surface area contributed by atoms with Crippen molar-refractivity contribution in [3.05, 3.63) is 77.4 Å². The number of anilines is 1. The van der Waals surface area contributed by atoms with E-state index in [4.69, 9.17) is 10.5 Å². The van der Waals surface area contributed by atoms with E-state index < -0.39 is 48.1 Å². The van der Waals surface area contributed by atoms with Crippen LogP contribution in [0.15, 0.2) is 60.7 Å². The molecule has 224 valence electrons. The molecule has 4 amide bonds. The number of amides is 4. The van der Waals surface area contributed by atoms with E-state index in [9.17, 15) is 24.3 Å². The smallest absolute Gasteiger partial charge is 0.408 e. The van der Waals surface area contributed by atoms with E-state index in [-0.39, 0.29) is 19.4 Å². The number of nitrogens with one attached hydrogen (secondary N) is 2. The van der Waals surface area contributed by atoms with Crippen LogP contribution in [0.1, 0.15) is 56.3 Å². The van der Waals surface area contributed by atoms with Gasteiger partial charge in [0.05, 0.1) is 6.61 Å². The minimum absolute atomic E-state index is 0.124. The largest absolute Gasteiger partial charge is 0.444 e. The number of carbonyl (C=O) groups is 4. The Balaban J connectivity index is 2.06. The Morgan fingerprint density at radius 1 is 0.952 bits per heavy atom. The van der Waals surface area contributed by atoms with Gasteiger partial charge in [0.1, 0.15) is 17.7 Å². The van der Waals surface area contributed by atoms with E-state index in [0.29, 0.717) is 11.3 Å². The first-order valence-electron chi connectivity index (χ1n) is 13.9. The van der Waals surface area contributed by atoms with Crippen molar-refractivity contribution < 1.29 is 29.0 Å². The molecule has 42 heavy (non-hydrogen) atoms. The molecule has 3 rings (SSSR count). The Hall–Kier alpha value is -4.44. The van der Waals surface area contributed by atoms with Crippen LogP contribution >= 0.6 is 0 Å². The summed E-state index contributed by atoms with van der Waals surface area (Å²) in [5.41, 5.74) is 7.16. The van der Waals surface area contributed by atoms with Crippen LogP contribution in [0.25, 0.3) is 10.8 Å². The predicted molar refractivity (Wildman–Crippen MR) is 162 cm³/mol. The van der Waals surface area contributed by atoms with Crippen molar-refractivity contribution in [3.8, 4) is 0 Å². The van der Waals surface area contributed by atoms with Gasteiger partial charge in [-0.05, 0) is 80.6 Å². The van der Waals surface area contributed by atoms with Crippen molar-refractivity contribution in [1.82, 2.24) is 10.2 Å². The molecule has 0 saturated carbocycles. The lowest BCUT2D eigenvalue weighted by atomic mass is 9.93. The van der Waals surface area contributed by atoms with Gasteiger partial charge in [-0.25, -0.2) is 4.79 Å². The van der Waals surface area contributed by atoms with Crippen molar-refractivity contribution in [2.75, 3.05) is 18.5 Å². The Morgan fingerprint density at radius 2 is 1.60 bits per heavy atom. The van der Waals surface area contributed by atoms with E-state index in [1.807, 2.05) is 68.4 Å². The summed E-state index contributed by atoms with van der Waals surface area (Å²) >= 11 is 0. The molecule has 0 fully saturated rings. The number of aryl methyl sites for hydroxylation is 2. The summed E-state index contributed by atoms with van der Waals surface area (Å²) in [5.74, 6) is -1.83. The average Bonchev–Trinajstić information content (AvgIpc) is 2.90. The van der Waals surface area contributed by atoms with Crippen molar-refractivity contribution in [2.45, 2.75) is 65.1 Å². The van der Waals surface area contributed by atoms with Crippen LogP contribution < -0.4 is 16.4 Å². The maximum absolute atomic E-state index is 14.1. The van der Waals surface area contributed by atoms with E-state index in [2.05, 4.69) is 10.6 Å². The topological polar surface area (TPSA) is 151 Å². The van der Waals surface area contributed by atoms with E-state index in [1.54, 1.807) is 26.8 Å². The highest BCUT2D eigenvalue weighted by Gasteiger charge is 2.37. The predicted octanol–water partition coefficient (Wildman–Crippen LogP) is 4.12. The molecule has 2 atom stereocenters. The van der Waals surface area contributed by atoms with Gasteiger partial charge in [0.25, 0.3) is 5.91 Å². The fraction of sp³-hybridized carbons (Fsp3) is 0.375. The number of nitrogens with zero attached hydrogens (tertiary/aromatic N) is 1. The molecular weight excluding hydrogens is 536 g/mol. The van der Waals surface area contributed by atoms with E-state index in [1.165, 1.54) is 4.90 Å². The van der Waals surface area contributed by atoms with Crippen LogP contribution in [0.4, 0.5) is 10.5 Å². The van der Waals surface area contributed by atoms with Gasteiger partial charge in [0.2, 0.25) is 11.8 Å². The lowest BCUT2D eigenvalue weighted by molar-refractivity contribution is -0.141. The summed E-state index contributed by atoms with van der Waals surface area (Å²) in [6.45, 7) is 8.04. The van der Waals surface area contributed by atoms with Crippen LogP contribution in [0.2, 0.25) is 0 Å². The summed E-state index contributed by atoms with van der Waals surface area (Å²) in [5, 5.41) is 17.4. The van der Waals surface area contributed by atoms with Crippen molar-refractivity contribution in [1.29, 1.82) is 0 Å². The number of aliphatic hydroxyl groups excluding tert-OH is 1. The molecule has 5 N–H and O–H groups in total. The van der Waals surface area contributed by atoms with Gasteiger partial charge >= 0.3 is 6.09 Å². The molecular formula is C32H40N4O6. The first kappa shape index (κ1) is 32.1. The number of rotatable bonds is 11. The van der Waals surface area contributed by atoms with Gasteiger partial charge in [-0.1, -0.05) is 48.5 Å². The zero-order chi connectivity index (χ0) is 31.0. The average molecular weight is 577 g/mol. The van der Waals surface area contributed by atoms with Gasteiger partial charge < -0.3 is 31.1 Å². The highest BCUT2D eigenvalue weighted by Crippen LogP contribution is 2.30. The molecule has 0 radical (unpaired) electrons.